The van der Waals surface area contributed by atoms with Gasteiger partial charge in [0.05, 0.1) is 106 Å². The summed E-state index contributed by atoms with van der Waals surface area (Å²) in [6.45, 7) is 3.91. The number of halogens is 8. The van der Waals surface area contributed by atoms with Crippen LogP contribution in [0.15, 0.2) is 346 Å². The zero-order valence-corrected chi connectivity index (χ0v) is 92.8. The number of carbonyl (C=O) groups excluding carboxylic acids is 3. The zero-order chi connectivity index (χ0) is 98.9. The number of alkyl halides is 1. The van der Waals surface area contributed by atoms with Crippen molar-refractivity contribution in [3.63, 3.8) is 0 Å². The van der Waals surface area contributed by atoms with Gasteiger partial charge in [-0.1, -0.05) is 244 Å². The molecule has 3 fully saturated rings. The molecule has 0 spiro atoms. The minimum Gasteiger partial charge on any atom is -1.00 e. The van der Waals surface area contributed by atoms with Crippen LogP contribution in [0, 0.1) is 13.8 Å². The molecule has 11 N–H and O–H groups in total. The third kappa shape index (κ3) is 43.1. The van der Waals surface area contributed by atoms with Crippen LogP contribution < -0.4 is 182 Å². The normalized spacial score (nSPS) is 11.4. The fourth-order valence-electron chi connectivity index (χ4n) is 11.5. The number of aromatic hydroxyl groups is 2. The Morgan fingerprint density at radius 1 is 0.457 bits per heavy atom. The third-order valence-electron chi connectivity index (χ3n) is 18.5. The van der Waals surface area contributed by atoms with Gasteiger partial charge < -0.3 is 68.6 Å². The third-order valence-corrected chi connectivity index (χ3v) is 26.1. The first-order chi connectivity index (χ1) is 66.8. The second kappa shape index (κ2) is 65.5. The van der Waals surface area contributed by atoms with Crippen molar-refractivity contribution < 1.29 is 179 Å². The van der Waals surface area contributed by atoms with E-state index in [0.29, 0.717) is 95.6 Å². The number of hydrogen-bond acceptors (Lipinski definition) is 25. The number of pyridine rings is 2. The predicted molar refractivity (Wildman–Crippen MR) is 557 cm³/mol. The number of amides is 1. The number of phenols is 2. The zero-order valence-electron chi connectivity index (χ0n) is 76.5. The summed E-state index contributed by atoms with van der Waals surface area (Å²) in [6.07, 6.45) is 26.4. The van der Waals surface area contributed by atoms with Crippen molar-refractivity contribution >= 4 is 200 Å². The van der Waals surface area contributed by atoms with E-state index in [2.05, 4.69) is 279 Å². The first-order valence-electron chi connectivity index (χ1n) is 41.6. The number of anilines is 4. The fraction of sp³-hybridized carbons (Fsp3) is 0.110. The average molecular weight is 2310 g/mol. The number of nitrogen functional groups attached to an aromatic ring is 3. The Bertz CT molecular complexity index is 6060. The Morgan fingerprint density at radius 2 is 0.800 bits per heavy atom. The Morgan fingerprint density at radius 3 is 1.11 bits per heavy atom. The molecule has 140 heavy (non-hydrogen) atoms. The van der Waals surface area contributed by atoms with Crippen LogP contribution in [0.2, 0.25) is 20.1 Å². The fourth-order valence-corrected chi connectivity index (χ4v) is 17.4. The molecule has 40 heteroatoms. The SMILES string of the molecule is BrC1CC1.Cc1ccncc1C(=O)Nc1cnc(-c2cc(OC3CC3)ccc2Cl)cn1.Cc1ccncc1OC=O.Nc1cnc(-c2cc(O)ccc2Cl)cn1.Nc1cnc(-c2cc(OC3CC3)ccc2Cl)cn1.Nc1cnc(Br)cn1.O=CO[O-].OB(O)c1cc(O)ccc1Cl.[Cl][Pd][Cl].[H-].[K+].[K+].c1ccc(P(c2ccccc2)c2ccccc2)cc1.c1ccc(P(c2ccccc2)c2ccccc2)cc1. The number of nitrogens with one attached hydrogen (secondary N) is 1. The molecule has 0 bridgehead atoms. The van der Waals surface area contributed by atoms with Crippen molar-refractivity contribution in [3.8, 4) is 62.5 Å². The quantitative estimate of drug-likeness (QED) is 0.00930. The van der Waals surface area contributed by atoms with Crippen molar-refractivity contribution in [2.45, 2.75) is 69.4 Å². The maximum atomic E-state index is 12.3. The average Bonchev–Trinajstić information content (AvgIpc) is 1.82. The molecule has 0 radical (unpaired) electrons. The van der Waals surface area contributed by atoms with Crippen LogP contribution in [0.3, 0.4) is 0 Å². The Hall–Kier alpha value is -8.73. The van der Waals surface area contributed by atoms with Crippen LogP contribution in [0.25, 0.3) is 33.8 Å². The number of nitrogens with two attached hydrogens (primary N) is 3. The molecule has 3 aliphatic rings. The largest absolute Gasteiger partial charge is 1.00 e. The van der Waals surface area contributed by atoms with E-state index >= 15 is 0 Å². The van der Waals surface area contributed by atoms with E-state index in [0.717, 1.165) is 64.3 Å². The summed E-state index contributed by atoms with van der Waals surface area (Å²) >= 11 is 30.4. The summed E-state index contributed by atoms with van der Waals surface area (Å²) < 4.78 is 16.8. The molecule has 26 nitrogen and oxygen atoms in total. The number of phenolic OH excluding ortho intramolecular Hbond substituents is 2. The van der Waals surface area contributed by atoms with Crippen LogP contribution in [0.4, 0.5) is 23.3 Å². The van der Waals surface area contributed by atoms with Gasteiger partial charge in [0.2, 0.25) is 0 Å². The van der Waals surface area contributed by atoms with E-state index in [-0.39, 0.29) is 154 Å². The summed E-state index contributed by atoms with van der Waals surface area (Å²) in [5.74, 6) is 3.43. The number of benzene rings is 10. The van der Waals surface area contributed by atoms with E-state index < -0.39 is 23.0 Å². The molecule has 0 saturated heterocycles. The smallest absolute Gasteiger partial charge is 1.00 e. The monoisotopic (exact) mass is 2300 g/mol. The Kier molecular flexibility index (Phi) is 55.3. The number of rotatable bonds is 19. The van der Waals surface area contributed by atoms with E-state index in [1.165, 1.54) is 118 Å². The summed E-state index contributed by atoms with van der Waals surface area (Å²) in [4.78, 5) is 74.5. The number of nitrogens with zero attached hydrogens (tertiary/aromatic N) is 10. The minimum atomic E-state index is -1.64. The molecule has 1 amide bonds. The summed E-state index contributed by atoms with van der Waals surface area (Å²) in [5.41, 5.74) is 22.6. The topological polar surface area (TPSA) is 411 Å². The molecular formula is C100H91BBr2Cl6K2N14O12P2Pd. The molecule has 19 rings (SSSR count). The maximum Gasteiger partial charge on any atom is 1.00 e. The van der Waals surface area contributed by atoms with E-state index in [9.17, 15) is 14.7 Å². The predicted octanol–water partition coefficient (Wildman–Crippen LogP) is 13.1. The van der Waals surface area contributed by atoms with Gasteiger partial charge in [0.15, 0.2) is 11.6 Å². The van der Waals surface area contributed by atoms with Gasteiger partial charge in [-0.05, 0) is 212 Å². The first-order valence-corrected chi connectivity index (χ1v) is 51.6. The van der Waals surface area contributed by atoms with Gasteiger partial charge in [0.25, 0.3) is 18.9 Å². The molecule has 0 unspecified atom stereocenters. The van der Waals surface area contributed by atoms with Gasteiger partial charge in [-0.3, -0.25) is 39.3 Å². The number of carbonyl (C=O) groups is 3. The first kappa shape index (κ1) is 118. The molecule has 10 aromatic carbocycles. The van der Waals surface area contributed by atoms with Crippen molar-refractivity contribution in [1.29, 1.82) is 0 Å². The van der Waals surface area contributed by atoms with Crippen molar-refractivity contribution in [1.82, 2.24) is 49.8 Å². The summed E-state index contributed by atoms with van der Waals surface area (Å²) in [7, 11) is 7.09. The maximum absolute atomic E-state index is 12.3. The van der Waals surface area contributed by atoms with Gasteiger partial charge in [-0.2, -0.15) is 0 Å². The van der Waals surface area contributed by atoms with Crippen molar-refractivity contribution in [2.24, 2.45) is 0 Å². The van der Waals surface area contributed by atoms with Gasteiger partial charge in [-0.15, -0.1) is 0 Å². The summed E-state index contributed by atoms with van der Waals surface area (Å²) in [5, 5.41) is 57.1. The van der Waals surface area contributed by atoms with Crippen molar-refractivity contribution in [2.75, 3.05) is 22.5 Å². The van der Waals surface area contributed by atoms with Crippen molar-refractivity contribution in [3.05, 3.63) is 383 Å². The molecule has 6 heterocycles. The molecule has 0 aliphatic heterocycles. The molecule has 3 saturated carbocycles. The van der Waals surface area contributed by atoms with Gasteiger partial charge in [0.1, 0.15) is 45.1 Å². The Balaban J connectivity index is 0.000000247. The number of ether oxygens (including phenoxy) is 3. The standard InChI is InChI=1S/C20H17ClN4O2.2C18H15P.C13H12ClN3O.C10H8ClN3O.C7H7NO2.C6H6BClO3.C4H4BrN3.C3H5Br.CH2O3.2ClH.2K.Pd.H/c1-12-6-7-22-9-16(12)20(26)25-19-11-23-18(10-24-19)15-8-14(4-5-17(15)21)27-13-2-3-13;2*1-4-10-16(11-5-1)19(17-12-6-2-7-13-17)18-14-8-3-9-15-18;14-11-4-3-9(18-8-1-2-8)5-10(11)12-6-17-13(15)7-16-12;11-8-2-1-6(15)3-7(8)9-4-14-10(12)5-13-9;1-6-2-3-8-4-7(6)10-5-9;8-6-2-1-4(9)3-5(6)7(10)11;5-3-1-8-4(6)2-7-3;4-3-1-2-3;2-1-4-3;;;;;;/h4-11,13H,2-3H2,1H3,(H,24,25,26);2*1-15H;3-8H,1-2H2,(H2,15,17);1-5,15H,(H2,12,14);2-5H,1H3;1-3,9-11H;1-2H,(H2,6,8);3H,1-2H2;1,3H;2*1H;;;;/q;;;;;;;;;;;;2*+1;+2;-1/p-3. The van der Waals surface area contributed by atoms with E-state index in [1.807, 2.05) is 44.2 Å². The Labute approximate surface area is 953 Å². The van der Waals surface area contributed by atoms with Crippen LogP contribution >= 0.6 is 113 Å². The summed E-state index contributed by atoms with van der Waals surface area (Å²) in [6, 6.07) is 87.9. The molecule has 714 valence electrons. The number of hydrogen-bond donors (Lipinski definition) is 8. The van der Waals surface area contributed by atoms with Crippen LogP contribution in [0.5, 0.6) is 28.7 Å². The number of aryl methyl sites for hydroxylation is 2. The van der Waals surface area contributed by atoms with Gasteiger partial charge in [0, 0.05) is 50.6 Å². The van der Waals surface area contributed by atoms with E-state index in [4.69, 9.17) is 117 Å². The molecule has 16 aromatic rings. The van der Waals surface area contributed by atoms with Gasteiger partial charge >= 0.3 is 145 Å². The number of aromatic nitrogens is 10. The van der Waals surface area contributed by atoms with Crippen LogP contribution in [-0.4, -0.2) is 113 Å². The van der Waals surface area contributed by atoms with Crippen LogP contribution in [0.1, 0.15) is 61.4 Å². The van der Waals surface area contributed by atoms with Gasteiger partial charge in [-0.25, -0.2) is 24.9 Å². The van der Waals surface area contributed by atoms with E-state index in [1.54, 1.807) is 55.2 Å². The molecule has 3 aliphatic carbocycles. The van der Waals surface area contributed by atoms with Crippen LogP contribution in [-0.2, 0) is 30.4 Å². The molecule has 6 aromatic heterocycles. The molecule has 0 atom stereocenters. The molecular weight excluding hydrogens is 2220 g/mol. The second-order valence-corrected chi connectivity index (χ2v) is 39.5. The second-order valence-electron chi connectivity index (χ2n) is 29.0. The minimum absolute atomic E-state index is 0.